The van der Waals surface area contributed by atoms with Gasteiger partial charge in [-0.1, -0.05) is 18.2 Å². The number of benzene rings is 1. The number of hydrogen-bond acceptors (Lipinski definition) is 2. The van der Waals surface area contributed by atoms with Crippen molar-refractivity contribution in [3.8, 4) is 0 Å². The molecule has 0 amide bonds. The lowest BCUT2D eigenvalue weighted by molar-refractivity contribution is 0.617. The fourth-order valence-corrected chi connectivity index (χ4v) is 1.65. The summed E-state index contributed by atoms with van der Waals surface area (Å²) in [7, 11) is 0. The summed E-state index contributed by atoms with van der Waals surface area (Å²) in [5, 5.41) is 0. The first-order valence-corrected chi connectivity index (χ1v) is 5.62. The van der Waals surface area contributed by atoms with Crippen molar-refractivity contribution in [2.24, 2.45) is 5.73 Å². The average molecular weight is 234 g/mol. The molecule has 0 aromatic heterocycles. The van der Waals surface area contributed by atoms with Crippen molar-refractivity contribution in [2.45, 2.75) is 13.0 Å². The van der Waals surface area contributed by atoms with E-state index in [1.807, 2.05) is 17.9 Å². The third-order valence-corrected chi connectivity index (χ3v) is 2.54. The Balaban J connectivity index is 3.03. The number of rotatable bonds is 6. The molecule has 0 radical (unpaired) electrons. The van der Waals surface area contributed by atoms with Gasteiger partial charge >= 0.3 is 0 Å². The Labute approximate surface area is 102 Å². The van der Waals surface area contributed by atoms with Crippen LogP contribution in [0.2, 0.25) is 0 Å². The molecule has 0 unspecified atom stereocenters. The van der Waals surface area contributed by atoms with Gasteiger partial charge in [-0.2, -0.15) is 0 Å². The van der Waals surface area contributed by atoms with Crippen LogP contribution in [0, 0.1) is 5.82 Å². The summed E-state index contributed by atoms with van der Waals surface area (Å²) in [6.07, 6.45) is 3.48. The Kier molecular flexibility index (Phi) is 4.91. The Hall–Kier alpha value is -1.61. The highest BCUT2D eigenvalue weighted by Crippen LogP contribution is 2.22. The number of nitrogens with two attached hydrogens (primary N) is 1. The van der Waals surface area contributed by atoms with Crippen molar-refractivity contribution in [1.29, 1.82) is 0 Å². The van der Waals surface area contributed by atoms with Crippen molar-refractivity contribution < 1.29 is 4.39 Å². The molecule has 92 valence electrons. The van der Waals surface area contributed by atoms with E-state index in [4.69, 9.17) is 5.73 Å². The largest absolute Gasteiger partial charge is 0.362 e. The highest BCUT2D eigenvalue weighted by atomic mass is 19.1. The van der Waals surface area contributed by atoms with E-state index in [1.165, 1.54) is 6.07 Å². The third-order valence-electron chi connectivity index (χ3n) is 2.54. The highest BCUT2D eigenvalue weighted by Gasteiger charge is 2.11. The second kappa shape index (κ2) is 6.21. The molecule has 0 saturated carbocycles. The summed E-state index contributed by atoms with van der Waals surface area (Å²) in [6.45, 7) is 10.3. The highest BCUT2D eigenvalue weighted by molar-refractivity contribution is 5.50. The lowest BCUT2D eigenvalue weighted by atomic mass is 10.1. The molecular formula is C14H19FN2. The Bertz CT molecular complexity index is 389. The van der Waals surface area contributed by atoms with E-state index in [0.717, 1.165) is 5.56 Å². The molecule has 1 aromatic rings. The molecule has 1 aromatic carbocycles. The van der Waals surface area contributed by atoms with Gasteiger partial charge in [-0.05, 0) is 24.6 Å². The van der Waals surface area contributed by atoms with E-state index in [9.17, 15) is 4.39 Å². The van der Waals surface area contributed by atoms with E-state index < -0.39 is 0 Å². The van der Waals surface area contributed by atoms with Crippen molar-refractivity contribution in [2.75, 3.05) is 18.0 Å². The molecule has 0 saturated heterocycles. The van der Waals surface area contributed by atoms with Crippen LogP contribution in [0.5, 0.6) is 0 Å². The quantitative estimate of drug-likeness (QED) is 0.767. The Morgan fingerprint density at radius 2 is 1.94 bits per heavy atom. The zero-order chi connectivity index (χ0) is 12.8. The number of anilines is 1. The molecule has 0 fully saturated rings. The molecular weight excluding hydrogens is 215 g/mol. The smallest absolute Gasteiger partial charge is 0.146 e. The predicted octanol–water partition coefficient (Wildman–Crippen LogP) is 3.02. The van der Waals surface area contributed by atoms with Gasteiger partial charge in [-0.3, -0.25) is 0 Å². The Morgan fingerprint density at radius 1 is 1.35 bits per heavy atom. The molecule has 0 aliphatic carbocycles. The third kappa shape index (κ3) is 3.43. The summed E-state index contributed by atoms with van der Waals surface area (Å²) < 4.78 is 13.9. The molecule has 1 atom stereocenters. The maximum absolute atomic E-state index is 13.9. The predicted molar refractivity (Wildman–Crippen MR) is 71.6 cm³/mol. The van der Waals surface area contributed by atoms with Crippen LogP contribution in [0.3, 0.4) is 0 Å². The van der Waals surface area contributed by atoms with Crippen LogP contribution in [-0.2, 0) is 0 Å². The van der Waals surface area contributed by atoms with Crippen molar-refractivity contribution in [1.82, 2.24) is 0 Å². The van der Waals surface area contributed by atoms with E-state index in [0.29, 0.717) is 18.8 Å². The SMILES string of the molecule is C=CCN(CC=C)c1ccc([C@H](C)N)cc1F. The second-order valence-electron chi connectivity index (χ2n) is 3.98. The summed E-state index contributed by atoms with van der Waals surface area (Å²) in [5.74, 6) is -0.261. The van der Waals surface area contributed by atoms with Crippen molar-refractivity contribution in [3.63, 3.8) is 0 Å². The molecule has 3 heteroatoms. The maximum Gasteiger partial charge on any atom is 0.146 e. The van der Waals surface area contributed by atoms with Gasteiger partial charge in [0.05, 0.1) is 5.69 Å². The zero-order valence-electron chi connectivity index (χ0n) is 10.2. The van der Waals surface area contributed by atoms with Crippen LogP contribution >= 0.6 is 0 Å². The standard InChI is InChI=1S/C14H19FN2/c1-4-8-17(9-5-2)14-7-6-12(11(3)16)10-13(14)15/h4-7,10-11H,1-2,8-9,16H2,3H3/t11-/m0/s1. The number of halogens is 1. The van der Waals surface area contributed by atoms with Gasteiger partial charge in [0, 0.05) is 19.1 Å². The first-order chi connectivity index (χ1) is 8.10. The van der Waals surface area contributed by atoms with Gasteiger partial charge in [-0.15, -0.1) is 13.2 Å². The van der Waals surface area contributed by atoms with Gasteiger partial charge in [-0.25, -0.2) is 4.39 Å². The molecule has 0 aliphatic heterocycles. The maximum atomic E-state index is 13.9. The molecule has 1 rings (SSSR count). The van der Waals surface area contributed by atoms with E-state index in [-0.39, 0.29) is 11.9 Å². The first-order valence-electron chi connectivity index (χ1n) is 5.62. The van der Waals surface area contributed by atoms with Gasteiger partial charge in [0.25, 0.3) is 0 Å². The van der Waals surface area contributed by atoms with E-state index in [2.05, 4.69) is 13.2 Å². The monoisotopic (exact) mass is 234 g/mol. The fraction of sp³-hybridized carbons (Fsp3) is 0.286. The molecule has 2 N–H and O–H groups in total. The second-order valence-corrected chi connectivity index (χ2v) is 3.98. The summed E-state index contributed by atoms with van der Waals surface area (Å²) in [6, 6.07) is 4.92. The minimum Gasteiger partial charge on any atom is -0.362 e. The molecule has 2 nitrogen and oxygen atoms in total. The first kappa shape index (κ1) is 13.5. The molecule has 0 bridgehead atoms. The number of hydrogen-bond donors (Lipinski definition) is 1. The van der Waals surface area contributed by atoms with E-state index >= 15 is 0 Å². The minimum atomic E-state index is -0.261. The van der Waals surface area contributed by atoms with Crippen molar-refractivity contribution >= 4 is 5.69 Å². The average Bonchev–Trinajstić information content (AvgIpc) is 2.28. The Morgan fingerprint density at radius 3 is 2.35 bits per heavy atom. The van der Waals surface area contributed by atoms with E-state index in [1.54, 1.807) is 18.2 Å². The summed E-state index contributed by atoms with van der Waals surface area (Å²) in [5.41, 5.74) is 7.06. The van der Waals surface area contributed by atoms with Crippen LogP contribution in [0.4, 0.5) is 10.1 Å². The van der Waals surface area contributed by atoms with Gasteiger partial charge in [0.1, 0.15) is 5.82 Å². The van der Waals surface area contributed by atoms with Crippen LogP contribution in [-0.4, -0.2) is 13.1 Å². The topological polar surface area (TPSA) is 29.3 Å². The molecule has 0 heterocycles. The zero-order valence-corrected chi connectivity index (χ0v) is 10.2. The van der Waals surface area contributed by atoms with Gasteiger partial charge < -0.3 is 10.6 Å². The molecule has 0 spiro atoms. The minimum absolute atomic E-state index is 0.161. The number of nitrogens with zero attached hydrogens (tertiary/aromatic N) is 1. The molecule has 17 heavy (non-hydrogen) atoms. The summed E-state index contributed by atoms with van der Waals surface area (Å²) in [4.78, 5) is 1.86. The van der Waals surface area contributed by atoms with Crippen molar-refractivity contribution in [3.05, 3.63) is 54.9 Å². The molecule has 0 aliphatic rings. The van der Waals surface area contributed by atoms with Gasteiger partial charge in [0.15, 0.2) is 0 Å². The van der Waals surface area contributed by atoms with Gasteiger partial charge in [0.2, 0.25) is 0 Å². The normalized spacial score (nSPS) is 11.9. The van der Waals surface area contributed by atoms with Crippen LogP contribution in [0.15, 0.2) is 43.5 Å². The lowest BCUT2D eigenvalue weighted by Gasteiger charge is -2.22. The van der Waals surface area contributed by atoms with Crippen LogP contribution in [0.25, 0.3) is 0 Å². The lowest BCUT2D eigenvalue weighted by Crippen LogP contribution is -2.24. The fourth-order valence-electron chi connectivity index (χ4n) is 1.65. The van der Waals surface area contributed by atoms with Crippen LogP contribution in [0.1, 0.15) is 18.5 Å². The van der Waals surface area contributed by atoms with Crippen LogP contribution < -0.4 is 10.6 Å². The summed E-state index contributed by atoms with van der Waals surface area (Å²) >= 11 is 0.